The van der Waals surface area contributed by atoms with Crippen molar-refractivity contribution >= 4 is 17.1 Å². The summed E-state index contributed by atoms with van der Waals surface area (Å²) < 4.78 is 3.73. The summed E-state index contributed by atoms with van der Waals surface area (Å²) in [7, 11) is 2.89. The number of carboxylic acid groups (broad SMARTS) is 1. The summed E-state index contributed by atoms with van der Waals surface area (Å²) >= 11 is 0. The monoisotopic (exact) mass is 301 g/mol. The van der Waals surface area contributed by atoms with Gasteiger partial charge in [-0.1, -0.05) is 0 Å². The number of carbonyl (C=O) groups excluding carboxylic acids is 1. The molecule has 0 aromatic carbocycles. The number of nitrogens with zero attached hydrogens (tertiary/aromatic N) is 4. The molecule has 0 saturated heterocycles. The quantitative estimate of drug-likeness (QED) is 0.530. The van der Waals surface area contributed by atoms with E-state index < -0.39 is 17.2 Å². The molecular weight excluding hydrogens is 290 g/mol. The maximum atomic E-state index is 12.1. The molecule has 0 atom stereocenters. The van der Waals surface area contributed by atoms with Crippen molar-refractivity contribution in [2.24, 2.45) is 14.1 Å². The molecule has 3 rings (SSSR count). The second-order valence-electron chi connectivity index (χ2n) is 4.75. The third kappa shape index (κ3) is 1.91. The van der Waals surface area contributed by atoms with Crippen molar-refractivity contribution in [1.82, 2.24) is 19.1 Å². The average Bonchev–Trinajstić information content (AvgIpc) is 2.96. The molecule has 9 heteroatoms. The van der Waals surface area contributed by atoms with Crippen molar-refractivity contribution in [2.45, 2.75) is 0 Å². The van der Waals surface area contributed by atoms with Gasteiger partial charge in [0.1, 0.15) is 0 Å². The zero-order valence-corrected chi connectivity index (χ0v) is 11.7. The molecule has 22 heavy (non-hydrogen) atoms. The summed E-state index contributed by atoms with van der Waals surface area (Å²) in [5.74, 6) is -0.994. The smallest absolute Gasteiger partial charge is 0.403 e. The molecule has 0 aliphatic carbocycles. The molecule has 3 heterocycles. The highest BCUT2D eigenvalue weighted by molar-refractivity contribution is 5.85. The van der Waals surface area contributed by atoms with Crippen LogP contribution in [0.5, 0.6) is 0 Å². The molecule has 3 aromatic rings. The first-order chi connectivity index (χ1) is 10.4. The molecule has 0 aliphatic heterocycles. The van der Waals surface area contributed by atoms with Gasteiger partial charge in [0, 0.05) is 19.7 Å². The molecule has 3 aromatic heterocycles. The number of carboxylic acids is 1. The minimum atomic E-state index is -1.28. The topological polar surface area (TPSA) is 117 Å². The number of hydrogen-bond donors (Lipinski definition) is 1. The summed E-state index contributed by atoms with van der Waals surface area (Å²) in [5, 5.41) is 10.7. The van der Waals surface area contributed by atoms with E-state index in [1.54, 1.807) is 0 Å². The Morgan fingerprint density at radius 2 is 1.86 bits per heavy atom. The van der Waals surface area contributed by atoms with Gasteiger partial charge in [0.2, 0.25) is 5.52 Å². The summed E-state index contributed by atoms with van der Waals surface area (Å²) in [6.45, 7) is 0. The van der Waals surface area contributed by atoms with E-state index >= 15 is 0 Å². The van der Waals surface area contributed by atoms with Crippen molar-refractivity contribution in [2.75, 3.05) is 0 Å². The molecule has 0 saturated carbocycles. The Morgan fingerprint density at radius 3 is 2.45 bits per heavy atom. The predicted octanol–water partition coefficient (Wildman–Crippen LogP) is -2.40. The lowest BCUT2D eigenvalue weighted by Gasteiger charge is -2.00. The number of aromatic amines is 1. The first kappa shape index (κ1) is 13.7. The van der Waals surface area contributed by atoms with Crippen molar-refractivity contribution in [1.29, 1.82) is 0 Å². The molecule has 0 radical (unpaired) electrons. The molecule has 0 spiro atoms. The highest BCUT2D eigenvalue weighted by Crippen LogP contribution is 2.04. The molecule has 0 fully saturated rings. The number of fused-ring (bicyclic) bond motifs is 1. The van der Waals surface area contributed by atoms with E-state index in [0.717, 1.165) is 4.57 Å². The van der Waals surface area contributed by atoms with Crippen LogP contribution < -0.4 is 20.9 Å². The Morgan fingerprint density at radius 1 is 1.23 bits per heavy atom. The van der Waals surface area contributed by atoms with Crippen LogP contribution in [0.25, 0.3) is 17.1 Å². The fraction of sp³-hybridized carbons (Fsp3) is 0.154. The van der Waals surface area contributed by atoms with Crippen LogP contribution in [0.1, 0.15) is 10.4 Å². The number of imidazole rings is 1. The van der Waals surface area contributed by atoms with Gasteiger partial charge in [-0.3, -0.25) is 13.9 Å². The summed E-state index contributed by atoms with van der Waals surface area (Å²) in [4.78, 5) is 41.7. The van der Waals surface area contributed by atoms with Gasteiger partial charge in [0.25, 0.3) is 11.2 Å². The second-order valence-corrected chi connectivity index (χ2v) is 4.75. The number of nitrogens with one attached hydrogen (secondary N) is 1. The fourth-order valence-electron chi connectivity index (χ4n) is 2.14. The van der Waals surface area contributed by atoms with Gasteiger partial charge >= 0.3 is 11.6 Å². The van der Waals surface area contributed by atoms with Gasteiger partial charge in [-0.05, 0) is 17.1 Å². The SMILES string of the molecule is Cn1c(=O)c2[nH]c(-[n+]3ccc(C(=O)[O-])cc3)nc2n(C)c1=O. The Balaban J connectivity index is 2.23. The molecule has 0 bridgehead atoms. The average molecular weight is 301 g/mol. The van der Waals surface area contributed by atoms with Gasteiger partial charge in [0.15, 0.2) is 0 Å². The van der Waals surface area contributed by atoms with Crippen molar-refractivity contribution in [3.8, 4) is 5.95 Å². The van der Waals surface area contributed by atoms with E-state index in [4.69, 9.17) is 0 Å². The largest absolute Gasteiger partial charge is 0.545 e. The Labute approximate surface area is 122 Å². The van der Waals surface area contributed by atoms with Crippen LogP contribution in [0, 0.1) is 0 Å². The lowest BCUT2D eigenvalue weighted by molar-refractivity contribution is -0.603. The third-order valence-electron chi connectivity index (χ3n) is 3.39. The summed E-state index contributed by atoms with van der Waals surface area (Å²) in [6, 6.07) is 2.69. The number of H-pyrrole nitrogens is 1. The molecular formula is C13H11N5O4. The van der Waals surface area contributed by atoms with Crippen LogP contribution in [-0.2, 0) is 14.1 Å². The number of aromatic nitrogens is 5. The van der Waals surface area contributed by atoms with Crippen LogP contribution in [0.15, 0.2) is 34.1 Å². The summed E-state index contributed by atoms with van der Waals surface area (Å²) in [6.07, 6.45) is 2.93. The van der Waals surface area contributed by atoms with Crippen molar-refractivity contribution in [3.63, 3.8) is 0 Å². The highest BCUT2D eigenvalue weighted by atomic mass is 16.4. The molecule has 1 N–H and O–H groups in total. The minimum absolute atomic E-state index is 0.0238. The maximum Gasteiger partial charge on any atom is 0.403 e. The third-order valence-corrected chi connectivity index (χ3v) is 3.39. The first-order valence-electron chi connectivity index (χ1n) is 6.29. The van der Waals surface area contributed by atoms with Crippen LogP contribution in [0.3, 0.4) is 0 Å². The van der Waals surface area contributed by atoms with Gasteiger partial charge in [-0.2, -0.15) is 0 Å². The number of aryl methyl sites for hydroxylation is 1. The second kappa shape index (κ2) is 4.65. The fourth-order valence-corrected chi connectivity index (χ4v) is 2.14. The zero-order chi connectivity index (χ0) is 16.0. The van der Waals surface area contributed by atoms with Gasteiger partial charge in [-0.25, -0.2) is 14.3 Å². The summed E-state index contributed by atoms with van der Waals surface area (Å²) in [5.41, 5.74) is -0.525. The van der Waals surface area contributed by atoms with E-state index in [9.17, 15) is 19.5 Å². The van der Waals surface area contributed by atoms with Gasteiger partial charge in [-0.15, -0.1) is 0 Å². The Bertz CT molecular complexity index is 1010. The minimum Gasteiger partial charge on any atom is -0.545 e. The lowest BCUT2D eigenvalue weighted by Crippen LogP contribution is -2.36. The predicted molar refractivity (Wildman–Crippen MR) is 72.4 cm³/mol. The number of rotatable bonds is 2. The number of carbonyl (C=O) groups is 1. The van der Waals surface area contributed by atoms with Crippen LogP contribution in [-0.4, -0.2) is 25.1 Å². The Kier molecular flexibility index (Phi) is 2.91. The number of hydrogen-bond acceptors (Lipinski definition) is 5. The number of pyridine rings is 1. The lowest BCUT2D eigenvalue weighted by atomic mass is 10.3. The van der Waals surface area contributed by atoms with E-state index in [0.29, 0.717) is 0 Å². The van der Waals surface area contributed by atoms with Gasteiger partial charge in [0.05, 0.1) is 18.4 Å². The van der Waals surface area contributed by atoms with Crippen molar-refractivity contribution in [3.05, 3.63) is 50.9 Å². The van der Waals surface area contributed by atoms with Crippen LogP contribution >= 0.6 is 0 Å². The number of aromatic carboxylic acids is 1. The Hall–Kier alpha value is -3.23. The highest BCUT2D eigenvalue weighted by Gasteiger charge is 2.21. The zero-order valence-electron chi connectivity index (χ0n) is 11.7. The molecule has 112 valence electrons. The van der Waals surface area contributed by atoms with E-state index in [1.165, 1.54) is 47.8 Å². The van der Waals surface area contributed by atoms with E-state index in [2.05, 4.69) is 9.97 Å². The molecule has 0 amide bonds. The van der Waals surface area contributed by atoms with E-state index in [1.807, 2.05) is 0 Å². The van der Waals surface area contributed by atoms with Crippen molar-refractivity contribution < 1.29 is 14.5 Å². The first-order valence-corrected chi connectivity index (χ1v) is 6.29. The normalized spacial score (nSPS) is 11.0. The molecule has 0 aliphatic rings. The van der Waals surface area contributed by atoms with E-state index in [-0.39, 0.29) is 22.7 Å². The molecule has 9 nitrogen and oxygen atoms in total. The van der Waals surface area contributed by atoms with Crippen LogP contribution in [0.4, 0.5) is 0 Å². The van der Waals surface area contributed by atoms with Gasteiger partial charge < -0.3 is 9.90 Å². The standard InChI is InChI=1S/C13H11N5O4/c1-16-9-8(10(19)17(2)13(16)22)14-12(15-9)18-5-3-7(4-6-18)11(20)21/h3-6H,1-2H3,(H-,14,15,19,20,21). The molecule has 0 unspecified atom stereocenters. The van der Waals surface area contributed by atoms with Crippen LogP contribution in [0.2, 0.25) is 0 Å². The maximum absolute atomic E-state index is 12.1.